The lowest BCUT2D eigenvalue weighted by molar-refractivity contribution is -0.111. The summed E-state index contributed by atoms with van der Waals surface area (Å²) < 4.78 is 0. The normalized spacial score (nSPS) is 26.0. The minimum atomic E-state index is -0.478. The maximum atomic E-state index is 12.5. The van der Waals surface area contributed by atoms with Crippen molar-refractivity contribution in [3.63, 3.8) is 0 Å². The zero-order chi connectivity index (χ0) is 18.9. The van der Waals surface area contributed by atoms with E-state index in [-0.39, 0.29) is 35.1 Å². The third kappa shape index (κ3) is 2.14. The van der Waals surface area contributed by atoms with E-state index in [4.69, 9.17) is 11.5 Å². The summed E-state index contributed by atoms with van der Waals surface area (Å²) in [5.74, 6) is 0.0426. The minimum Gasteiger partial charge on any atom is -0.369 e. The Bertz CT molecular complexity index is 1080. The highest BCUT2D eigenvalue weighted by molar-refractivity contribution is 6.69. The number of nitrogen functional groups attached to an aromatic ring is 1. The molecule has 0 saturated heterocycles. The second-order valence-electron chi connectivity index (χ2n) is 6.88. The van der Waals surface area contributed by atoms with Gasteiger partial charge in [-0.2, -0.15) is 9.98 Å². The number of hydrogen-bond acceptors (Lipinski definition) is 9. The number of aromatic amines is 1. The summed E-state index contributed by atoms with van der Waals surface area (Å²) in [6.45, 7) is 2.47. The van der Waals surface area contributed by atoms with Crippen LogP contribution in [0.1, 0.15) is 19.8 Å². The molecule has 0 spiro atoms. The molecule has 0 saturated carbocycles. The number of nitrogens with two attached hydrogens (primary N) is 2. The van der Waals surface area contributed by atoms with Crippen LogP contribution in [-0.4, -0.2) is 45.8 Å². The summed E-state index contributed by atoms with van der Waals surface area (Å²) in [5, 5.41) is 3.20. The summed E-state index contributed by atoms with van der Waals surface area (Å²) in [4.78, 5) is 46.1. The van der Waals surface area contributed by atoms with E-state index >= 15 is 0 Å². The topological polar surface area (TPSA) is 167 Å². The fraction of sp³-hybridized carbons (Fsp3) is 0.375. The van der Waals surface area contributed by atoms with Gasteiger partial charge in [-0.25, -0.2) is 9.98 Å². The van der Waals surface area contributed by atoms with Crippen molar-refractivity contribution in [1.82, 2.24) is 9.97 Å². The number of nitrogens with one attached hydrogen (secondary N) is 2. The molecule has 0 unspecified atom stereocenters. The van der Waals surface area contributed by atoms with Crippen molar-refractivity contribution in [2.45, 2.75) is 25.8 Å². The standard InChI is InChI=1S/C16H17N9O2/c1-5-9-6(2-3-7-10(21-9)13(26)23-15(17)20-7)8-4-19-12-11(25(5)8)14(27)24-16(18)22-12/h6,8H,2-4H2,1H3,(H2,17,23,26)(H4,18,19,22,24,27)/t6-,8-/m1/s1. The molecule has 5 heterocycles. The van der Waals surface area contributed by atoms with Crippen molar-refractivity contribution >= 4 is 40.7 Å². The maximum Gasteiger partial charge on any atom is 0.300 e. The highest BCUT2D eigenvalue weighted by atomic mass is 16.1. The lowest BCUT2D eigenvalue weighted by atomic mass is 9.92. The number of anilines is 3. The molecule has 1 aromatic rings. The van der Waals surface area contributed by atoms with Crippen LogP contribution in [0.5, 0.6) is 0 Å². The zero-order valence-electron chi connectivity index (χ0n) is 14.5. The van der Waals surface area contributed by atoms with E-state index in [1.807, 2.05) is 11.8 Å². The van der Waals surface area contributed by atoms with Crippen LogP contribution in [0.3, 0.4) is 0 Å². The molecule has 1 amide bonds. The average molecular weight is 367 g/mol. The Morgan fingerprint density at radius 3 is 2.81 bits per heavy atom. The van der Waals surface area contributed by atoms with E-state index < -0.39 is 5.91 Å². The van der Waals surface area contributed by atoms with E-state index in [2.05, 4.69) is 30.3 Å². The van der Waals surface area contributed by atoms with Gasteiger partial charge in [0.15, 0.2) is 17.2 Å². The smallest absolute Gasteiger partial charge is 0.300 e. The molecule has 2 atom stereocenters. The minimum absolute atomic E-state index is 0.0162. The van der Waals surface area contributed by atoms with Crippen LogP contribution >= 0.6 is 0 Å². The summed E-state index contributed by atoms with van der Waals surface area (Å²) >= 11 is 0. The first kappa shape index (κ1) is 15.7. The van der Waals surface area contributed by atoms with Gasteiger partial charge in [0.2, 0.25) is 11.9 Å². The monoisotopic (exact) mass is 367 g/mol. The van der Waals surface area contributed by atoms with Crippen molar-refractivity contribution in [3.05, 3.63) is 21.7 Å². The second kappa shape index (κ2) is 5.25. The molecular formula is C16H17N9O2. The van der Waals surface area contributed by atoms with Gasteiger partial charge in [-0.15, -0.1) is 0 Å². The van der Waals surface area contributed by atoms with Gasteiger partial charge < -0.3 is 21.7 Å². The summed E-state index contributed by atoms with van der Waals surface area (Å²) in [6.07, 6.45) is 1.30. The van der Waals surface area contributed by atoms with E-state index in [1.54, 1.807) is 0 Å². The number of amides is 1. The summed E-state index contributed by atoms with van der Waals surface area (Å²) in [6, 6.07) is -0.0162. The van der Waals surface area contributed by atoms with Crippen molar-refractivity contribution in [2.75, 3.05) is 22.5 Å². The second-order valence-corrected chi connectivity index (χ2v) is 6.88. The highest BCUT2D eigenvalue weighted by Crippen LogP contribution is 2.44. The van der Waals surface area contributed by atoms with Gasteiger partial charge >= 0.3 is 5.91 Å². The zero-order valence-corrected chi connectivity index (χ0v) is 14.5. The molecule has 11 heteroatoms. The number of carbonyl (C=O) groups excluding carboxylic acids is 1. The number of nitrogens with zero attached hydrogens (tertiary/aromatic N) is 5. The first-order valence-electron chi connectivity index (χ1n) is 8.63. The SMILES string of the molecule is CC1=C2N=C3C(=O)N=C(N)N=C3CC[C@@H]2[C@H]2CNc3nc(N)[nH]c(=O)c3N12. The molecule has 0 bridgehead atoms. The third-order valence-electron chi connectivity index (χ3n) is 5.38. The number of fused-ring (bicyclic) bond motifs is 6. The number of aliphatic imine (C=N–C) groups is 3. The summed E-state index contributed by atoms with van der Waals surface area (Å²) in [7, 11) is 0. The van der Waals surface area contributed by atoms with Crippen LogP contribution in [-0.2, 0) is 4.79 Å². The van der Waals surface area contributed by atoms with Crippen LogP contribution in [0.2, 0.25) is 0 Å². The first-order valence-corrected chi connectivity index (χ1v) is 8.63. The fourth-order valence-corrected chi connectivity index (χ4v) is 4.29. The Balaban J connectivity index is 1.67. The molecular weight excluding hydrogens is 350 g/mol. The van der Waals surface area contributed by atoms with Crippen molar-refractivity contribution in [1.29, 1.82) is 0 Å². The lowest BCUT2D eigenvalue weighted by Gasteiger charge is -2.36. The van der Waals surface area contributed by atoms with Crippen molar-refractivity contribution in [2.24, 2.45) is 26.6 Å². The van der Waals surface area contributed by atoms with E-state index in [1.165, 1.54) is 0 Å². The van der Waals surface area contributed by atoms with Crippen LogP contribution in [0.4, 0.5) is 17.5 Å². The van der Waals surface area contributed by atoms with Gasteiger partial charge in [-0.05, 0) is 19.8 Å². The molecule has 1 aromatic heterocycles. The molecule has 0 radical (unpaired) electrons. The average Bonchev–Trinajstić information content (AvgIpc) is 2.75. The van der Waals surface area contributed by atoms with E-state index in [0.29, 0.717) is 30.2 Å². The van der Waals surface area contributed by atoms with Gasteiger partial charge in [0.25, 0.3) is 5.56 Å². The molecule has 0 aliphatic carbocycles. The molecule has 5 rings (SSSR count). The molecule has 6 N–H and O–H groups in total. The lowest BCUT2D eigenvalue weighted by Crippen LogP contribution is -2.46. The van der Waals surface area contributed by atoms with E-state index in [0.717, 1.165) is 17.8 Å². The van der Waals surface area contributed by atoms with Gasteiger partial charge in [0, 0.05) is 18.2 Å². The molecule has 4 aliphatic rings. The quantitative estimate of drug-likeness (QED) is 0.472. The van der Waals surface area contributed by atoms with Gasteiger partial charge in [0.1, 0.15) is 0 Å². The van der Waals surface area contributed by atoms with Crippen molar-refractivity contribution < 1.29 is 4.79 Å². The van der Waals surface area contributed by atoms with E-state index in [9.17, 15) is 9.59 Å². The Morgan fingerprint density at radius 1 is 1.19 bits per heavy atom. The molecule has 138 valence electrons. The Hall–Kier alpha value is -3.50. The molecule has 27 heavy (non-hydrogen) atoms. The molecule has 11 nitrogen and oxygen atoms in total. The van der Waals surface area contributed by atoms with Gasteiger partial charge in [0.05, 0.1) is 17.5 Å². The maximum absolute atomic E-state index is 12.5. The van der Waals surface area contributed by atoms with Crippen LogP contribution in [0.25, 0.3) is 0 Å². The van der Waals surface area contributed by atoms with Crippen LogP contribution in [0.15, 0.2) is 31.2 Å². The summed E-state index contributed by atoms with van der Waals surface area (Å²) in [5.41, 5.74) is 13.8. The van der Waals surface area contributed by atoms with Gasteiger partial charge in [-0.3, -0.25) is 14.6 Å². The molecule has 0 aromatic carbocycles. The Labute approximate surface area is 153 Å². The Morgan fingerprint density at radius 2 is 2.00 bits per heavy atom. The number of guanidine groups is 1. The number of rotatable bonds is 0. The largest absolute Gasteiger partial charge is 0.369 e. The predicted molar refractivity (Wildman–Crippen MR) is 101 cm³/mol. The molecule has 0 fully saturated rings. The number of aromatic nitrogens is 2. The fourth-order valence-electron chi connectivity index (χ4n) is 4.29. The van der Waals surface area contributed by atoms with Gasteiger partial charge in [-0.1, -0.05) is 0 Å². The Kier molecular flexibility index (Phi) is 3.06. The number of hydrogen-bond donors (Lipinski definition) is 4. The predicted octanol–water partition coefficient (Wildman–Crippen LogP) is -0.655. The molecule has 4 aliphatic heterocycles. The van der Waals surface area contributed by atoms with Crippen molar-refractivity contribution in [3.8, 4) is 0 Å². The first-order chi connectivity index (χ1) is 12.9. The van der Waals surface area contributed by atoms with Crippen LogP contribution in [0, 0.1) is 5.92 Å². The number of carbonyl (C=O) groups is 1. The number of H-pyrrole nitrogens is 1. The highest BCUT2D eigenvalue weighted by Gasteiger charge is 2.46. The number of allylic oxidation sites excluding steroid dienone is 1. The van der Waals surface area contributed by atoms with Crippen LogP contribution < -0.4 is 27.2 Å². The third-order valence-corrected chi connectivity index (χ3v) is 5.38.